The van der Waals surface area contributed by atoms with Crippen molar-refractivity contribution in [3.8, 4) is 11.4 Å². The Balaban J connectivity index is 1.37. The van der Waals surface area contributed by atoms with Crippen molar-refractivity contribution in [3.63, 3.8) is 0 Å². The van der Waals surface area contributed by atoms with E-state index in [1.165, 1.54) is 10.4 Å². The van der Waals surface area contributed by atoms with Crippen LogP contribution in [-0.4, -0.2) is 40.8 Å². The molecule has 0 aliphatic heterocycles. The third-order valence-corrected chi connectivity index (χ3v) is 5.48. The smallest absolute Gasteiger partial charge is 0.336 e. The molecule has 0 atom stereocenters. The molecule has 0 amide bonds. The van der Waals surface area contributed by atoms with E-state index in [-0.39, 0.29) is 12.1 Å². The molecule has 0 spiro atoms. The molecule has 5 aromatic rings. The Kier molecular flexibility index (Phi) is 4.95. The van der Waals surface area contributed by atoms with Crippen molar-refractivity contribution in [2.45, 2.75) is 20.0 Å². The van der Waals surface area contributed by atoms with Crippen LogP contribution in [0.1, 0.15) is 27.0 Å². The summed E-state index contributed by atoms with van der Waals surface area (Å²) in [7, 11) is 0. The number of hydrogen-bond acceptors (Lipinski definition) is 5. The molecule has 0 radical (unpaired) electrons. The highest BCUT2D eigenvalue weighted by Gasteiger charge is 2.13. The summed E-state index contributed by atoms with van der Waals surface area (Å²) in [6.07, 6.45) is 1.86. The molecule has 0 bridgehead atoms. The van der Waals surface area contributed by atoms with Gasteiger partial charge in [0.15, 0.2) is 0 Å². The predicted octanol–water partition coefficient (Wildman–Crippen LogP) is 3.79. The molecule has 8 heteroatoms. The first kappa shape index (κ1) is 19.6. The molecular formula is C24H20N6O2. The van der Waals surface area contributed by atoms with Crippen LogP contribution in [0, 0.1) is 6.92 Å². The fraction of sp³-hybridized carbons (Fsp3) is 0.125. The molecular weight excluding hydrogens is 404 g/mol. The number of aromatic nitrogens is 6. The molecule has 0 saturated heterocycles. The van der Waals surface area contributed by atoms with Gasteiger partial charge in [-0.1, -0.05) is 42.5 Å². The standard InChI is InChI=1S/C24H20N6O2/c1-16-12-17(10-11-18(16)13-29-15-25-21-8-4-5-9-22(21)29)23-26-28-30(27-23)14-19-6-2-3-7-20(19)24(31)32/h2-12,15H,13-14H2,1H3,(H,31,32). The third-order valence-electron chi connectivity index (χ3n) is 5.48. The van der Waals surface area contributed by atoms with E-state index < -0.39 is 5.97 Å². The zero-order chi connectivity index (χ0) is 22.1. The Morgan fingerprint density at radius 2 is 1.78 bits per heavy atom. The maximum Gasteiger partial charge on any atom is 0.336 e. The Labute approximate surface area is 183 Å². The normalized spacial score (nSPS) is 11.2. The molecule has 1 N–H and O–H groups in total. The van der Waals surface area contributed by atoms with Crippen LogP contribution in [0.3, 0.4) is 0 Å². The predicted molar refractivity (Wildman–Crippen MR) is 119 cm³/mol. The number of carboxylic acids is 1. The van der Waals surface area contributed by atoms with Crippen molar-refractivity contribution < 1.29 is 9.90 Å². The number of imidazole rings is 1. The number of rotatable bonds is 6. The molecule has 0 fully saturated rings. The lowest BCUT2D eigenvalue weighted by Crippen LogP contribution is -2.09. The lowest BCUT2D eigenvalue weighted by Gasteiger charge is -2.09. The zero-order valence-electron chi connectivity index (χ0n) is 17.4. The van der Waals surface area contributed by atoms with Crippen LogP contribution in [0.2, 0.25) is 0 Å². The van der Waals surface area contributed by atoms with Crippen molar-refractivity contribution in [1.82, 2.24) is 29.8 Å². The minimum absolute atomic E-state index is 0.235. The lowest BCUT2D eigenvalue weighted by atomic mass is 10.0. The second kappa shape index (κ2) is 8.07. The number of nitrogens with zero attached hydrogens (tertiary/aromatic N) is 6. The van der Waals surface area contributed by atoms with Crippen molar-refractivity contribution >= 4 is 17.0 Å². The minimum Gasteiger partial charge on any atom is -0.478 e. The molecule has 158 valence electrons. The quantitative estimate of drug-likeness (QED) is 0.445. The average Bonchev–Trinajstić information content (AvgIpc) is 3.43. The van der Waals surface area contributed by atoms with Gasteiger partial charge in [0.25, 0.3) is 0 Å². The Morgan fingerprint density at radius 1 is 0.969 bits per heavy atom. The SMILES string of the molecule is Cc1cc(-c2nnn(Cc3ccccc3C(=O)O)n2)ccc1Cn1cnc2ccccc21. The summed E-state index contributed by atoms with van der Waals surface area (Å²) >= 11 is 0. The summed E-state index contributed by atoms with van der Waals surface area (Å²) in [4.78, 5) is 17.3. The monoisotopic (exact) mass is 424 g/mol. The number of fused-ring (bicyclic) bond motifs is 1. The number of tetrazole rings is 1. The Morgan fingerprint density at radius 3 is 2.62 bits per heavy atom. The number of benzene rings is 3. The van der Waals surface area contributed by atoms with Gasteiger partial charge < -0.3 is 9.67 Å². The summed E-state index contributed by atoms with van der Waals surface area (Å²) < 4.78 is 2.13. The first-order valence-corrected chi connectivity index (χ1v) is 10.2. The van der Waals surface area contributed by atoms with Gasteiger partial charge in [-0.05, 0) is 53.1 Å². The minimum atomic E-state index is -0.974. The molecule has 0 aliphatic carbocycles. The van der Waals surface area contributed by atoms with E-state index in [0.717, 1.165) is 28.7 Å². The van der Waals surface area contributed by atoms with Crippen molar-refractivity contribution in [2.24, 2.45) is 0 Å². The summed E-state index contributed by atoms with van der Waals surface area (Å²) in [5.41, 5.74) is 6.10. The van der Waals surface area contributed by atoms with Crippen molar-refractivity contribution in [2.75, 3.05) is 0 Å². The second-order valence-electron chi connectivity index (χ2n) is 7.61. The Hall–Kier alpha value is -4.33. The fourth-order valence-electron chi connectivity index (χ4n) is 3.78. The zero-order valence-corrected chi connectivity index (χ0v) is 17.4. The first-order chi connectivity index (χ1) is 15.6. The molecule has 8 nitrogen and oxygen atoms in total. The van der Waals surface area contributed by atoms with E-state index in [2.05, 4.69) is 44.0 Å². The van der Waals surface area contributed by atoms with E-state index in [1.54, 1.807) is 24.3 Å². The molecule has 0 unspecified atom stereocenters. The van der Waals surface area contributed by atoms with Gasteiger partial charge in [-0.3, -0.25) is 0 Å². The number of aromatic carboxylic acids is 1. The average molecular weight is 424 g/mol. The first-order valence-electron chi connectivity index (χ1n) is 10.2. The second-order valence-corrected chi connectivity index (χ2v) is 7.61. The molecule has 3 aromatic carbocycles. The highest BCUT2D eigenvalue weighted by Crippen LogP contribution is 2.21. The van der Waals surface area contributed by atoms with Crippen LogP contribution in [0.25, 0.3) is 22.4 Å². The number of para-hydroxylation sites is 2. The van der Waals surface area contributed by atoms with Gasteiger partial charge in [-0.25, -0.2) is 9.78 Å². The van der Waals surface area contributed by atoms with Crippen molar-refractivity contribution in [3.05, 3.63) is 95.3 Å². The van der Waals surface area contributed by atoms with Crippen LogP contribution in [0.4, 0.5) is 0 Å². The highest BCUT2D eigenvalue weighted by molar-refractivity contribution is 5.89. The maximum absolute atomic E-state index is 11.4. The van der Waals surface area contributed by atoms with Gasteiger partial charge in [-0.2, -0.15) is 4.80 Å². The van der Waals surface area contributed by atoms with E-state index in [4.69, 9.17) is 0 Å². The van der Waals surface area contributed by atoms with Crippen LogP contribution in [0.5, 0.6) is 0 Å². The molecule has 32 heavy (non-hydrogen) atoms. The van der Waals surface area contributed by atoms with E-state index >= 15 is 0 Å². The van der Waals surface area contributed by atoms with Gasteiger partial charge in [0, 0.05) is 12.1 Å². The number of hydrogen-bond donors (Lipinski definition) is 1. The number of carboxylic acid groups (broad SMARTS) is 1. The molecule has 0 aliphatic rings. The van der Waals surface area contributed by atoms with Gasteiger partial charge in [0.05, 0.1) is 29.5 Å². The van der Waals surface area contributed by atoms with Crippen LogP contribution < -0.4 is 0 Å². The largest absolute Gasteiger partial charge is 0.478 e. The summed E-state index contributed by atoms with van der Waals surface area (Å²) in [5.74, 6) is -0.474. The van der Waals surface area contributed by atoms with Gasteiger partial charge in [0.2, 0.25) is 5.82 Å². The topological polar surface area (TPSA) is 98.7 Å². The molecule has 5 rings (SSSR count). The third kappa shape index (κ3) is 3.74. The van der Waals surface area contributed by atoms with Crippen molar-refractivity contribution in [1.29, 1.82) is 0 Å². The van der Waals surface area contributed by atoms with Crippen LogP contribution in [0.15, 0.2) is 73.1 Å². The number of aryl methyl sites for hydroxylation is 1. The van der Waals surface area contributed by atoms with Crippen LogP contribution >= 0.6 is 0 Å². The maximum atomic E-state index is 11.4. The van der Waals surface area contributed by atoms with Crippen LogP contribution in [-0.2, 0) is 13.1 Å². The lowest BCUT2D eigenvalue weighted by molar-refractivity contribution is 0.0695. The van der Waals surface area contributed by atoms with Gasteiger partial charge in [-0.15, -0.1) is 10.2 Å². The van der Waals surface area contributed by atoms with Gasteiger partial charge >= 0.3 is 5.97 Å². The Bertz CT molecular complexity index is 1440. The molecule has 2 aromatic heterocycles. The molecule has 2 heterocycles. The van der Waals surface area contributed by atoms with Gasteiger partial charge in [0.1, 0.15) is 0 Å². The number of carbonyl (C=O) groups is 1. The van der Waals surface area contributed by atoms with E-state index in [0.29, 0.717) is 11.4 Å². The fourth-order valence-corrected chi connectivity index (χ4v) is 3.78. The van der Waals surface area contributed by atoms with E-state index in [9.17, 15) is 9.90 Å². The summed E-state index contributed by atoms with van der Waals surface area (Å²) in [5, 5.41) is 22.1. The van der Waals surface area contributed by atoms with E-state index in [1.807, 2.05) is 36.7 Å². The summed E-state index contributed by atoms with van der Waals surface area (Å²) in [6, 6.07) is 21.0. The molecule has 0 saturated carbocycles. The summed E-state index contributed by atoms with van der Waals surface area (Å²) in [6.45, 7) is 3.02. The highest BCUT2D eigenvalue weighted by atomic mass is 16.4.